The number of likely N-dealkylation sites (tertiary alicyclic amines) is 1. The van der Waals surface area contributed by atoms with E-state index in [-0.39, 0.29) is 6.42 Å². The molecule has 0 aromatic heterocycles. The van der Waals surface area contributed by atoms with Crippen LogP contribution in [-0.4, -0.2) is 41.3 Å². The molecule has 1 saturated heterocycles. The number of nitrogens with zero attached hydrogens (tertiary/aromatic N) is 1. The van der Waals surface area contributed by atoms with Gasteiger partial charge in [0.2, 0.25) is 11.8 Å². The minimum Gasteiger partial charge on any atom is -0.368 e. The Morgan fingerprint density at radius 1 is 1.06 bits per heavy atom. The van der Waals surface area contributed by atoms with Crippen LogP contribution in [0.25, 0.3) is 0 Å². The highest BCUT2D eigenvalue weighted by atomic mass is 35.5. The molecule has 0 radical (unpaired) electrons. The van der Waals surface area contributed by atoms with Crippen molar-refractivity contribution in [2.24, 2.45) is 5.73 Å². The van der Waals surface area contributed by atoms with Gasteiger partial charge in [-0.05, 0) is 35.4 Å². The monoisotopic (exact) mass is 450 g/mol. The normalized spacial score (nSPS) is 17.3. The summed E-state index contributed by atoms with van der Waals surface area (Å²) in [6.45, 7) is -0.510. The third-order valence-corrected chi connectivity index (χ3v) is 5.10. The third-order valence-electron chi connectivity index (χ3n) is 4.85. The molecule has 164 valence electrons. The zero-order valence-electron chi connectivity index (χ0n) is 16.4. The molecule has 2 aromatic carbocycles. The largest absolute Gasteiger partial charge is 0.368 e. The summed E-state index contributed by atoms with van der Waals surface area (Å²) in [7, 11) is 0. The Kier molecular flexibility index (Phi) is 6.74. The summed E-state index contributed by atoms with van der Waals surface area (Å²) in [6, 6.07) is 11.7. The van der Waals surface area contributed by atoms with Crippen LogP contribution in [0.5, 0.6) is 0 Å². The minimum absolute atomic E-state index is 0.164. The second-order valence-corrected chi connectivity index (χ2v) is 7.74. The van der Waals surface area contributed by atoms with E-state index in [1.807, 2.05) is 0 Å². The van der Waals surface area contributed by atoms with Crippen LogP contribution >= 0.6 is 11.6 Å². The van der Waals surface area contributed by atoms with E-state index >= 15 is 0 Å². The number of hydrogen-bond donors (Lipinski definition) is 3. The van der Waals surface area contributed by atoms with Gasteiger partial charge in [-0.1, -0.05) is 35.9 Å². The van der Waals surface area contributed by atoms with E-state index in [2.05, 4.69) is 10.6 Å². The lowest BCUT2D eigenvalue weighted by Gasteiger charge is -2.21. The number of rotatable bonds is 6. The topological polar surface area (TPSA) is 105 Å². The van der Waals surface area contributed by atoms with Gasteiger partial charge in [0.25, 0.3) is 5.92 Å². The number of hydrogen-bond acceptors (Lipinski definition) is 3. The molecule has 1 fully saturated rings. The molecule has 1 heterocycles. The lowest BCUT2D eigenvalue weighted by Crippen LogP contribution is -2.44. The van der Waals surface area contributed by atoms with E-state index in [0.717, 1.165) is 10.5 Å². The van der Waals surface area contributed by atoms with E-state index in [9.17, 15) is 23.2 Å². The number of nitrogens with one attached hydrogen (secondary N) is 2. The van der Waals surface area contributed by atoms with Crippen LogP contribution in [0.4, 0.5) is 19.3 Å². The molecular weight excluding hydrogens is 430 g/mol. The molecular formula is C21H21ClF2N4O3. The van der Waals surface area contributed by atoms with Crippen molar-refractivity contribution in [3.63, 3.8) is 0 Å². The Morgan fingerprint density at radius 3 is 2.29 bits per heavy atom. The Balaban J connectivity index is 1.52. The summed E-state index contributed by atoms with van der Waals surface area (Å²) < 4.78 is 27.2. The van der Waals surface area contributed by atoms with Gasteiger partial charge in [0.1, 0.15) is 6.04 Å². The molecule has 0 bridgehead atoms. The van der Waals surface area contributed by atoms with E-state index in [4.69, 9.17) is 17.3 Å². The third kappa shape index (κ3) is 6.14. The summed E-state index contributed by atoms with van der Waals surface area (Å²) in [4.78, 5) is 36.7. The number of carbonyl (C=O) groups excluding carboxylic acids is 3. The first-order valence-corrected chi connectivity index (χ1v) is 9.85. The smallest absolute Gasteiger partial charge is 0.319 e. The Morgan fingerprint density at radius 2 is 1.68 bits per heavy atom. The summed E-state index contributed by atoms with van der Waals surface area (Å²) in [5.74, 6) is -4.69. The first-order chi connectivity index (χ1) is 14.6. The molecule has 0 unspecified atom stereocenters. The molecule has 2 aromatic rings. The van der Waals surface area contributed by atoms with Crippen molar-refractivity contribution < 1.29 is 23.2 Å². The fourth-order valence-electron chi connectivity index (χ4n) is 3.28. The first kappa shape index (κ1) is 22.5. The highest BCUT2D eigenvalue weighted by Gasteiger charge is 2.49. The van der Waals surface area contributed by atoms with Crippen LogP contribution in [0.1, 0.15) is 17.5 Å². The lowest BCUT2D eigenvalue weighted by molar-refractivity contribution is -0.137. The quantitative estimate of drug-likeness (QED) is 0.630. The van der Waals surface area contributed by atoms with Crippen molar-refractivity contribution in [2.75, 3.05) is 11.9 Å². The predicted molar refractivity (Wildman–Crippen MR) is 112 cm³/mol. The second kappa shape index (κ2) is 9.30. The van der Waals surface area contributed by atoms with Crippen molar-refractivity contribution >= 4 is 35.1 Å². The molecule has 10 heteroatoms. The first-order valence-electron chi connectivity index (χ1n) is 9.48. The second-order valence-electron chi connectivity index (χ2n) is 7.31. The molecule has 1 aliphatic rings. The molecule has 0 saturated carbocycles. The van der Waals surface area contributed by atoms with Crippen molar-refractivity contribution in [1.82, 2.24) is 10.2 Å². The number of urea groups is 1. The Hall–Kier alpha value is -3.20. The molecule has 1 atom stereocenters. The zero-order chi connectivity index (χ0) is 22.6. The fraction of sp³-hybridized carbons (Fsp3) is 0.286. The summed E-state index contributed by atoms with van der Waals surface area (Å²) >= 11 is 5.82. The lowest BCUT2D eigenvalue weighted by atomic mass is 10.1. The molecule has 7 nitrogen and oxygen atoms in total. The predicted octanol–water partition coefficient (Wildman–Crippen LogP) is 2.93. The zero-order valence-corrected chi connectivity index (χ0v) is 17.2. The number of nitrogens with two attached hydrogens (primary N) is 1. The van der Waals surface area contributed by atoms with Crippen molar-refractivity contribution in [3.05, 3.63) is 64.7 Å². The Bertz CT molecular complexity index is 968. The standard InChI is InChI=1S/C21H21ClF2N4O3/c22-15-5-1-14(2-6-15)11-26-20(31)27-16-7-3-13(4-8-16)9-18(29)28-12-21(23,24)10-17(28)19(25)30/h1-8,17H,9-12H2,(H2,25,30)(H2,26,27,31)/t17-/m1/s1. The van der Waals surface area contributed by atoms with Crippen LogP contribution in [0.3, 0.4) is 0 Å². The van der Waals surface area contributed by atoms with Gasteiger partial charge in [0.15, 0.2) is 0 Å². The molecule has 0 aliphatic carbocycles. The van der Waals surface area contributed by atoms with Crippen molar-refractivity contribution in [2.45, 2.75) is 31.4 Å². The fourth-order valence-corrected chi connectivity index (χ4v) is 3.40. The number of benzene rings is 2. The highest BCUT2D eigenvalue weighted by molar-refractivity contribution is 6.30. The van der Waals surface area contributed by atoms with Crippen molar-refractivity contribution in [3.8, 4) is 0 Å². The number of anilines is 1. The number of carbonyl (C=O) groups is 3. The number of amides is 4. The summed E-state index contributed by atoms with van der Waals surface area (Å²) in [5.41, 5.74) is 7.09. The maximum atomic E-state index is 13.6. The van der Waals surface area contributed by atoms with Gasteiger partial charge in [-0.2, -0.15) is 0 Å². The average molecular weight is 451 g/mol. The van der Waals surface area contributed by atoms with Gasteiger partial charge in [-0.3, -0.25) is 9.59 Å². The Labute approximate surface area is 182 Å². The summed E-state index contributed by atoms with van der Waals surface area (Å²) in [6.07, 6.45) is -0.926. The maximum Gasteiger partial charge on any atom is 0.319 e. The number of primary amides is 1. The van der Waals surface area contributed by atoms with Gasteiger partial charge < -0.3 is 21.3 Å². The van der Waals surface area contributed by atoms with E-state index in [0.29, 0.717) is 22.8 Å². The van der Waals surface area contributed by atoms with Gasteiger partial charge in [-0.15, -0.1) is 0 Å². The van der Waals surface area contributed by atoms with E-state index in [1.54, 1.807) is 48.5 Å². The molecule has 4 amide bonds. The average Bonchev–Trinajstić information content (AvgIpc) is 3.05. The van der Waals surface area contributed by atoms with Crippen LogP contribution < -0.4 is 16.4 Å². The SMILES string of the molecule is NC(=O)[C@H]1CC(F)(F)CN1C(=O)Cc1ccc(NC(=O)NCc2ccc(Cl)cc2)cc1. The molecule has 1 aliphatic heterocycles. The van der Waals surface area contributed by atoms with Crippen LogP contribution in [0.15, 0.2) is 48.5 Å². The van der Waals surface area contributed by atoms with Gasteiger partial charge in [-0.25, -0.2) is 13.6 Å². The number of alkyl halides is 2. The number of halogens is 3. The molecule has 31 heavy (non-hydrogen) atoms. The minimum atomic E-state index is -3.14. The van der Waals surface area contributed by atoms with Crippen LogP contribution in [0.2, 0.25) is 5.02 Å². The molecule has 3 rings (SSSR count). The van der Waals surface area contributed by atoms with Gasteiger partial charge in [0, 0.05) is 23.7 Å². The highest BCUT2D eigenvalue weighted by Crippen LogP contribution is 2.32. The molecule has 0 spiro atoms. The molecule has 4 N–H and O–H groups in total. The van der Waals surface area contributed by atoms with Crippen molar-refractivity contribution in [1.29, 1.82) is 0 Å². The van der Waals surface area contributed by atoms with Crippen LogP contribution in [0, 0.1) is 0 Å². The van der Waals surface area contributed by atoms with Gasteiger partial charge >= 0.3 is 6.03 Å². The maximum absolute atomic E-state index is 13.6. The summed E-state index contributed by atoms with van der Waals surface area (Å²) in [5, 5.41) is 5.97. The van der Waals surface area contributed by atoms with E-state index in [1.165, 1.54) is 0 Å². The van der Waals surface area contributed by atoms with Crippen LogP contribution in [-0.2, 0) is 22.6 Å². The van der Waals surface area contributed by atoms with Gasteiger partial charge in [0.05, 0.1) is 13.0 Å². The van der Waals surface area contributed by atoms with E-state index < -0.39 is 42.8 Å².